The fourth-order valence-corrected chi connectivity index (χ4v) is 2.69. The van der Waals surface area contributed by atoms with E-state index in [4.69, 9.17) is 21.9 Å². The third-order valence-electron chi connectivity index (χ3n) is 3.84. The Morgan fingerprint density at radius 3 is 2.64 bits per heavy atom. The first kappa shape index (κ1) is 19.2. The lowest BCUT2D eigenvalue weighted by molar-refractivity contribution is 0.0953. The topological polar surface area (TPSA) is 78.1 Å². The van der Waals surface area contributed by atoms with Crippen molar-refractivity contribution in [2.75, 3.05) is 5.32 Å². The molecule has 1 aromatic heterocycles. The molecule has 2 N–H and O–H groups in total. The van der Waals surface area contributed by atoms with Crippen molar-refractivity contribution in [3.8, 4) is 17.9 Å². The van der Waals surface area contributed by atoms with E-state index in [1.165, 1.54) is 0 Å². The quantitative estimate of drug-likeness (QED) is 0.388. The number of anilines is 1. The van der Waals surface area contributed by atoms with Gasteiger partial charge in [0.1, 0.15) is 5.58 Å². The Morgan fingerprint density at radius 1 is 1.11 bits per heavy atom. The molecule has 138 valence electrons. The summed E-state index contributed by atoms with van der Waals surface area (Å²) in [6, 6.07) is 18.6. The molecule has 3 rings (SSSR count). The minimum atomic E-state index is -0.409. The van der Waals surface area contributed by atoms with E-state index in [0.29, 0.717) is 18.4 Å². The summed E-state index contributed by atoms with van der Waals surface area (Å²) in [6.07, 6.45) is 2.00. The molecule has 1 amide bonds. The number of benzene rings is 2. The molecule has 0 atom stereocenters. The molecular formula is C22H17N3O2S. The second kappa shape index (κ2) is 9.36. The van der Waals surface area contributed by atoms with Crippen molar-refractivity contribution in [2.45, 2.75) is 19.3 Å². The van der Waals surface area contributed by atoms with Crippen molar-refractivity contribution in [3.63, 3.8) is 0 Å². The van der Waals surface area contributed by atoms with Crippen molar-refractivity contribution in [3.05, 3.63) is 65.9 Å². The average Bonchev–Trinajstić information content (AvgIpc) is 3.13. The molecule has 6 heteroatoms. The van der Waals surface area contributed by atoms with E-state index in [1.54, 1.807) is 12.1 Å². The first-order chi connectivity index (χ1) is 13.7. The molecule has 0 spiro atoms. The molecule has 5 nitrogen and oxygen atoms in total. The third-order valence-corrected chi connectivity index (χ3v) is 4.05. The molecule has 0 aliphatic rings. The van der Waals surface area contributed by atoms with Gasteiger partial charge in [0.05, 0.1) is 6.07 Å². The highest BCUT2D eigenvalue weighted by Crippen LogP contribution is 2.18. The minimum Gasteiger partial charge on any atom is -0.451 e. The molecule has 2 aromatic carbocycles. The SMILES string of the molecule is N#CCCCC#Cc1ccc(NC(=S)NC(=O)c2cc3ccccc3o2)cc1. The smallest absolute Gasteiger partial charge is 0.293 e. The van der Waals surface area contributed by atoms with Crippen LogP contribution in [0.2, 0.25) is 0 Å². The van der Waals surface area contributed by atoms with E-state index in [-0.39, 0.29) is 10.9 Å². The van der Waals surface area contributed by atoms with Crippen LogP contribution < -0.4 is 10.6 Å². The van der Waals surface area contributed by atoms with Gasteiger partial charge in [0.15, 0.2) is 10.9 Å². The first-order valence-electron chi connectivity index (χ1n) is 8.72. The van der Waals surface area contributed by atoms with Crippen molar-refractivity contribution in [2.24, 2.45) is 0 Å². The van der Waals surface area contributed by atoms with Gasteiger partial charge in [-0.05, 0) is 55.0 Å². The number of thiocarbonyl (C=S) groups is 1. The number of hydrogen-bond acceptors (Lipinski definition) is 4. The zero-order valence-corrected chi connectivity index (χ0v) is 15.8. The molecule has 0 saturated carbocycles. The zero-order valence-electron chi connectivity index (χ0n) is 15.0. The van der Waals surface area contributed by atoms with Gasteiger partial charge in [0.25, 0.3) is 5.91 Å². The second-order valence-electron chi connectivity index (χ2n) is 5.95. The normalized spacial score (nSPS) is 9.82. The monoisotopic (exact) mass is 387 g/mol. The maximum absolute atomic E-state index is 12.3. The molecule has 1 heterocycles. The van der Waals surface area contributed by atoms with Gasteiger partial charge in [-0.2, -0.15) is 5.26 Å². The van der Waals surface area contributed by atoms with Crippen LogP contribution in [0.3, 0.4) is 0 Å². The summed E-state index contributed by atoms with van der Waals surface area (Å²) in [5.74, 6) is 5.88. The Kier molecular flexibility index (Phi) is 6.41. The van der Waals surface area contributed by atoms with Crippen LogP contribution in [0.5, 0.6) is 0 Å². The fraction of sp³-hybridized carbons (Fsp3) is 0.136. The number of carbonyl (C=O) groups is 1. The summed E-state index contributed by atoms with van der Waals surface area (Å²) in [5.41, 5.74) is 2.26. The van der Waals surface area contributed by atoms with Crippen LogP contribution in [0, 0.1) is 23.2 Å². The Balaban J connectivity index is 1.54. The van der Waals surface area contributed by atoms with Gasteiger partial charge in [0.2, 0.25) is 0 Å². The van der Waals surface area contributed by atoms with Gasteiger partial charge in [0, 0.05) is 29.5 Å². The number of carbonyl (C=O) groups excluding carboxylic acids is 1. The number of furan rings is 1. The minimum absolute atomic E-state index is 0.181. The van der Waals surface area contributed by atoms with Crippen molar-refractivity contribution in [1.29, 1.82) is 5.26 Å². The maximum atomic E-state index is 12.3. The zero-order chi connectivity index (χ0) is 19.8. The lowest BCUT2D eigenvalue weighted by Crippen LogP contribution is -2.33. The molecular weight excluding hydrogens is 370 g/mol. The standard InChI is InChI=1S/C22H17N3O2S/c23-14-6-2-1-3-7-16-10-12-18(13-11-16)24-22(28)25-21(26)20-15-17-8-4-5-9-19(17)27-20/h4-5,8-13,15H,1-2,6H2,(H2,24,25,26,28). The number of nitriles is 1. The van der Waals surface area contributed by atoms with Crippen LogP contribution in [0.1, 0.15) is 35.4 Å². The van der Waals surface area contributed by atoms with Crippen LogP contribution >= 0.6 is 12.2 Å². The van der Waals surface area contributed by atoms with Crippen LogP contribution in [0.15, 0.2) is 59.0 Å². The van der Waals surface area contributed by atoms with Gasteiger partial charge in [-0.3, -0.25) is 10.1 Å². The lowest BCUT2D eigenvalue weighted by atomic mass is 10.2. The highest BCUT2D eigenvalue weighted by atomic mass is 32.1. The molecule has 3 aromatic rings. The van der Waals surface area contributed by atoms with E-state index >= 15 is 0 Å². The summed E-state index contributed by atoms with van der Waals surface area (Å²) in [6.45, 7) is 0. The molecule has 0 aliphatic carbocycles. The highest BCUT2D eigenvalue weighted by molar-refractivity contribution is 7.80. The van der Waals surface area contributed by atoms with Crippen molar-refractivity contribution in [1.82, 2.24) is 5.32 Å². The molecule has 0 unspecified atom stereocenters. The largest absolute Gasteiger partial charge is 0.451 e. The fourth-order valence-electron chi connectivity index (χ4n) is 2.48. The summed E-state index contributed by atoms with van der Waals surface area (Å²) >= 11 is 5.20. The van der Waals surface area contributed by atoms with Gasteiger partial charge in [-0.25, -0.2) is 0 Å². The van der Waals surface area contributed by atoms with Crippen LogP contribution in [-0.4, -0.2) is 11.0 Å². The number of hydrogen-bond donors (Lipinski definition) is 2. The van der Waals surface area contributed by atoms with E-state index in [0.717, 1.165) is 23.1 Å². The molecule has 0 aliphatic heterocycles. The first-order valence-corrected chi connectivity index (χ1v) is 9.13. The number of para-hydroxylation sites is 1. The Morgan fingerprint density at radius 2 is 1.89 bits per heavy atom. The van der Waals surface area contributed by atoms with Gasteiger partial charge < -0.3 is 9.73 Å². The molecule has 0 radical (unpaired) electrons. The molecule has 0 fully saturated rings. The van der Waals surface area contributed by atoms with Crippen molar-refractivity contribution < 1.29 is 9.21 Å². The molecule has 0 bridgehead atoms. The Labute approximate surface area is 168 Å². The number of nitrogens with zero attached hydrogens (tertiary/aromatic N) is 1. The molecule has 28 heavy (non-hydrogen) atoms. The van der Waals surface area contributed by atoms with Gasteiger partial charge in [-0.1, -0.05) is 30.0 Å². The molecule has 0 saturated heterocycles. The van der Waals surface area contributed by atoms with Gasteiger partial charge >= 0.3 is 0 Å². The summed E-state index contributed by atoms with van der Waals surface area (Å²) in [7, 11) is 0. The second-order valence-corrected chi connectivity index (χ2v) is 6.36. The van der Waals surface area contributed by atoms with E-state index in [9.17, 15) is 4.79 Å². The summed E-state index contributed by atoms with van der Waals surface area (Å²) in [4.78, 5) is 12.3. The van der Waals surface area contributed by atoms with Crippen LogP contribution in [-0.2, 0) is 0 Å². The van der Waals surface area contributed by atoms with E-state index in [2.05, 4.69) is 28.5 Å². The Bertz CT molecular complexity index is 1070. The predicted molar refractivity (Wildman–Crippen MR) is 113 cm³/mol. The van der Waals surface area contributed by atoms with E-state index < -0.39 is 5.91 Å². The van der Waals surface area contributed by atoms with Gasteiger partial charge in [-0.15, -0.1) is 0 Å². The number of fused-ring (bicyclic) bond motifs is 1. The predicted octanol–water partition coefficient (Wildman–Crippen LogP) is 4.60. The number of unbranched alkanes of at least 4 members (excludes halogenated alkanes) is 2. The van der Waals surface area contributed by atoms with Crippen LogP contribution in [0.4, 0.5) is 5.69 Å². The summed E-state index contributed by atoms with van der Waals surface area (Å²) < 4.78 is 5.53. The maximum Gasteiger partial charge on any atom is 0.293 e. The van der Waals surface area contributed by atoms with Crippen molar-refractivity contribution >= 4 is 39.9 Å². The number of nitrogens with one attached hydrogen (secondary N) is 2. The highest BCUT2D eigenvalue weighted by Gasteiger charge is 2.13. The average molecular weight is 387 g/mol. The summed E-state index contributed by atoms with van der Waals surface area (Å²) in [5, 5.41) is 15.1. The number of rotatable bonds is 4. The van der Waals surface area contributed by atoms with E-state index in [1.807, 2.05) is 42.5 Å². The third kappa shape index (κ3) is 5.20. The number of amides is 1. The lowest BCUT2D eigenvalue weighted by Gasteiger charge is -2.08. The van der Waals surface area contributed by atoms with Crippen LogP contribution in [0.25, 0.3) is 11.0 Å². The Hall–Kier alpha value is -3.61.